The molecule has 55 heavy (non-hydrogen) atoms. The highest BCUT2D eigenvalue weighted by molar-refractivity contribution is 7.89. The number of sulfonamides is 1. The zero-order chi connectivity index (χ0) is 40.7. The zero-order valence-corrected chi connectivity index (χ0v) is 35.0. The Labute approximate surface area is 330 Å². The van der Waals surface area contributed by atoms with E-state index in [4.69, 9.17) is 0 Å². The molecule has 1 aliphatic carbocycles. The quantitative estimate of drug-likeness (QED) is 0.176. The second kappa shape index (κ2) is 18.8. The van der Waals surface area contributed by atoms with Gasteiger partial charge in [0.25, 0.3) is 5.91 Å². The van der Waals surface area contributed by atoms with Crippen LogP contribution in [-0.4, -0.2) is 102 Å². The molecule has 4 rings (SSSR count). The molecule has 0 saturated carbocycles. The van der Waals surface area contributed by atoms with Gasteiger partial charge in [-0.15, -0.1) is 11.3 Å². The molecule has 2 heterocycles. The van der Waals surface area contributed by atoms with Crippen LogP contribution in [-0.2, 0) is 48.6 Å². The van der Waals surface area contributed by atoms with Gasteiger partial charge in [0.1, 0.15) is 17.1 Å². The van der Waals surface area contributed by atoms with Crippen LogP contribution in [0.5, 0.6) is 0 Å². The maximum Gasteiger partial charge on any atom is 0.315 e. The van der Waals surface area contributed by atoms with Crippen LogP contribution >= 0.6 is 11.3 Å². The minimum absolute atomic E-state index is 0.00449. The van der Waals surface area contributed by atoms with Crippen molar-refractivity contribution in [2.75, 3.05) is 25.9 Å². The first kappa shape index (κ1) is 43.8. The van der Waals surface area contributed by atoms with Crippen molar-refractivity contribution in [3.63, 3.8) is 0 Å². The molecule has 14 nitrogen and oxygen atoms in total. The van der Waals surface area contributed by atoms with Crippen molar-refractivity contribution >= 4 is 50.9 Å². The summed E-state index contributed by atoms with van der Waals surface area (Å²) in [4.78, 5) is 75.0. The van der Waals surface area contributed by atoms with Gasteiger partial charge in [-0.25, -0.2) is 22.5 Å². The summed E-state index contributed by atoms with van der Waals surface area (Å²) in [6.45, 7) is 13.5. The topological polar surface area (TPSA) is 187 Å². The average Bonchev–Trinajstić information content (AvgIpc) is 3.91. The molecule has 5 atom stereocenters. The van der Waals surface area contributed by atoms with E-state index in [9.17, 15) is 32.4 Å². The fourth-order valence-electron chi connectivity index (χ4n) is 7.51. The van der Waals surface area contributed by atoms with E-state index in [-0.39, 0.29) is 49.6 Å². The van der Waals surface area contributed by atoms with Gasteiger partial charge >= 0.3 is 6.03 Å². The van der Waals surface area contributed by atoms with Crippen molar-refractivity contribution in [1.29, 1.82) is 0 Å². The minimum atomic E-state index is -3.52. The van der Waals surface area contributed by atoms with E-state index >= 15 is 0 Å². The number of hydrogen-bond donors (Lipinski definition) is 4. The lowest BCUT2D eigenvalue weighted by molar-refractivity contribution is -0.144. The number of fused-ring (bicyclic) bond motifs is 1. The number of rotatable bonds is 17. The van der Waals surface area contributed by atoms with Gasteiger partial charge in [0.05, 0.1) is 18.3 Å². The molecule has 16 heteroatoms. The fraction of sp³-hybridized carbons (Fsp3) is 0.641. The summed E-state index contributed by atoms with van der Waals surface area (Å²) in [7, 11) is -2.04. The summed E-state index contributed by atoms with van der Waals surface area (Å²) in [5.41, 5.74) is 1.62. The number of likely N-dealkylation sites (tertiary alicyclic amines) is 1. The summed E-state index contributed by atoms with van der Waals surface area (Å²) in [6, 6.07) is 3.63. The van der Waals surface area contributed by atoms with Crippen molar-refractivity contribution in [3.05, 3.63) is 52.0 Å². The number of carbonyl (C=O) groups is 5. The Morgan fingerprint density at radius 1 is 1.02 bits per heavy atom. The lowest BCUT2D eigenvalue weighted by Gasteiger charge is -2.36. The van der Waals surface area contributed by atoms with Crippen LogP contribution in [0.25, 0.3) is 0 Å². The first-order valence-electron chi connectivity index (χ1n) is 19.3. The molecule has 0 spiro atoms. The third kappa shape index (κ3) is 11.1. The molecule has 4 N–H and O–H groups in total. The molecule has 5 amide bonds. The summed E-state index contributed by atoms with van der Waals surface area (Å²) < 4.78 is 26.5. The largest absolute Gasteiger partial charge is 0.344 e. The number of urea groups is 1. The number of Topliss-reactive ketones (excluding diaryl/α,β-unsaturated/α-hetero) is 1. The fourth-order valence-corrected chi connectivity index (χ4v) is 8.88. The number of benzene rings is 1. The number of thiazole rings is 1. The van der Waals surface area contributed by atoms with E-state index in [2.05, 4.69) is 26.3 Å². The van der Waals surface area contributed by atoms with Gasteiger partial charge in [0.2, 0.25) is 27.6 Å². The van der Waals surface area contributed by atoms with Crippen molar-refractivity contribution in [1.82, 2.24) is 35.5 Å². The van der Waals surface area contributed by atoms with Crippen molar-refractivity contribution in [2.45, 2.75) is 111 Å². The van der Waals surface area contributed by atoms with E-state index in [1.807, 2.05) is 65.8 Å². The summed E-state index contributed by atoms with van der Waals surface area (Å²) in [5.74, 6) is -3.15. The Balaban J connectivity index is 1.59. The highest BCUT2D eigenvalue weighted by Crippen LogP contribution is 2.35. The second-order valence-corrected chi connectivity index (χ2v) is 19.5. The Kier molecular flexibility index (Phi) is 15.0. The number of hydrogen-bond acceptors (Lipinski definition) is 9. The van der Waals surface area contributed by atoms with Crippen molar-refractivity contribution in [2.24, 2.45) is 23.2 Å². The van der Waals surface area contributed by atoms with Gasteiger partial charge in [-0.2, -0.15) is 0 Å². The molecule has 2 aliphatic rings. The number of ketones is 1. The SMILES string of the molecule is CCCC(NC(=O)[C@@H]1[C@@H](C(C)C)CCN1C(=O)[C@@H](NC(=O)N[C@H](CN(C)S(=O)(=O)CC)C(C)(C)C)C1Cc2ccccc2C1)C(=O)C(=O)NCc1nccs1. The van der Waals surface area contributed by atoms with Crippen molar-refractivity contribution in [3.8, 4) is 0 Å². The Hall–Kier alpha value is -3.89. The molecule has 0 bridgehead atoms. The minimum Gasteiger partial charge on any atom is -0.344 e. The third-order valence-corrected chi connectivity index (χ3v) is 13.5. The average molecular weight is 802 g/mol. The van der Waals surface area contributed by atoms with Gasteiger partial charge < -0.3 is 26.2 Å². The highest BCUT2D eigenvalue weighted by Gasteiger charge is 2.48. The van der Waals surface area contributed by atoms with Crippen LogP contribution < -0.4 is 21.3 Å². The zero-order valence-electron chi connectivity index (χ0n) is 33.4. The number of nitrogens with zero attached hydrogens (tertiary/aromatic N) is 3. The third-order valence-electron chi connectivity index (χ3n) is 10.9. The van der Waals surface area contributed by atoms with Crippen LogP contribution in [0.4, 0.5) is 4.79 Å². The Morgan fingerprint density at radius 2 is 1.67 bits per heavy atom. The van der Waals surface area contributed by atoms with Gasteiger partial charge in [0, 0.05) is 37.8 Å². The summed E-state index contributed by atoms with van der Waals surface area (Å²) in [5, 5.41) is 13.8. The maximum atomic E-state index is 14.9. The van der Waals surface area contributed by atoms with E-state index in [1.54, 1.807) is 18.5 Å². The molecule has 1 aromatic heterocycles. The number of aromatic nitrogens is 1. The number of amides is 5. The second-order valence-electron chi connectivity index (χ2n) is 16.1. The molecule has 2 aromatic rings. The molecular weight excluding hydrogens is 743 g/mol. The lowest BCUT2D eigenvalue weighted by atomic mass is 9.86. The maximum absolute atomic E-state index is 14.9. The first-order valence-corrected chi connectivity index (χ1v) is 21.8. The molecule has 1 saturated heterocycles. The van der Waals surface area contributed by atoms with Gasteiger partial charge in [0.15, 0.2) is 0 Å². The summed E-state index contributed by atoms with van der Waals surface area (Å²) in [6.07, 6.45) is 3.98. The van der Waals surface area contributed by atoms with Crippen LogP contribution in [0.1, 0.15) is 83.9 Å². The van der Waals surface area contributed by atoms with Crippen LogP contribution in [0.3, 0.4) is 0 Å². The molecule has 304 valence electrons. The number of carbonyl (C=O) groups excluding carboxylic acids is 5. The van der Waals surface area contributed by atoms with Gasteiger partial charge in [-0.3, -0.25) is 19.2 Å². The van der Waals surface area contributed by atoms with E-state index in [0.29, 0.717) is 30.7 Å². The lowest BCUT2D eigenvalue weighted by Crippen LogP contribution is -2.61. The highest BCUT2D eigenvalue weighted by atomic mass is 32.2. The molecule has 1 fully saturated rings. The summed E-state index contributed by atoms with van der Waals surface area (Å²) >= 11 is 1.35. The number of likely N-dealkylation sites (N-methyl/N-ethyl adjacent to an activating group) is 1. The van der Waals surface area contributed by atoms with Crippen LogP contribution in [0, 0.1) is 23.2 Å². The Morgan fingerprint density at radius 3 is 2.22 bits per heavy atom. The molecule has 1 aliphatic heterocycles. The monoisotopic (exact) mass is 801 g/mol. The predicted molar refractivity (Wildman–Crippen MR) is 212 cm³/mol. The van der Waals surface area contributed by atoms with Crippen molar-refractivity contribution < 1.29 is 32.4 Å². The smallest absolute Gasteiger partial charge is 0.315 e. The van der Waals surface area contributed by atoms with Gasteiger partial charge in [-0.1, -0.05) is 72.2 Å². The van der Waals surface area contributed by atoms with E-state index < -0.39 is 69.1 Å². The van der Waals surface area contributed by atoms with Crippen LogP contribution in [0.15, 0.2) is 35.8 Å². The molecule has 0 radical (unpaired) electrons. The normalized spacial score (nSPS) is 19.1. The first-order chi connectivity index (χ1) is 25.9. The Bertz CT molecular complexity index is 1750. The number of nitrogens with one attached hydrogen (secondary N) is 4. The van der Waals surface area contributed by atoms with Gasteiger partial charge in [-0.05, 0) is 66.9 Å². The van der Waals surface area contributed by atoms with Crippen LogP contribution in [0.2, 0.25) is 0 Å². The molecule has 1 aromatic carbocycles. The van der Waals surface area contributed by atoms with E-state index in [1.165, 1.54) is 27.6 Å². The molecule has 1 unspecified atom stereocenters. The predicted octanol–water partition coefficient (Wildman–Crippen LogP) is 3.27. The standard InChI is InChI=1S/C39H59N7O7S2/c1-9-13-29(34(47)36(49)41-22-31-40-17-19-54-31)42-35(48)33-28(24(3)4)16-18-46(33)37(50)32(27-20-25-14-11-12-15-26(25)21-27)44-38(51)43-30(39(5,6)7)23-45(8)55(52,53)10-2/h11-12,14-15,17,19,24,27-30,32-33H,9-10,13,16,18,20-23H2,1-8H3,(H,41,49)(H,42,48)(H2,43,44,51)/t28-,29?,30-,32+,33+/m1/s1. The van der Waals surface area contributed by atoms with E-state index in [0.717, 1.165) is 11.1 Å². The molecular formula is C39H59N7O7S2.